The summed E-state index contributed by atoms with van der Waals surface area (Å²) in [6.45, 7) is -0.849. The first kappa shape index (κ1) is 25.0. The number of rotatable bonds is 4. The first-order valence-corrected chi connectivity index (χ1v) is 10.6. The first-order valence-electron chi connectivity index (χ1n) is 10.6. The van der Waals surface area contributed by atoms with E-state index in [2.05, 4.69) is 0 Å². The Balaban J connectivity index is 1.56. The van der Waals surface area contributed by atoms with Gasteiger partial charge in [0.15, 0.2) is 0 Å². The molecule has 0 spiro atoms. The van der Waals surface area contributed by atoms with Gasteiger partial charge in [-0.25, -0.2) is 9.36 Å². The maximum atomic E-state index is 14.3. The largest absolute Gasteiger partial charge is 0.493 e. The van der Waals surface area contributed by atoms with Crippen molar-refractivity contribution in [2.75, 3.05) is 6.54 Å². The second-order valence-corrected chi connectivity index (χ2v) is 8.78. The third kappa shape index (κ3) is 3.08. The molecule has 0 saturated carbocycles. The van der Waals surface area contributed by atoms with Crippen molar-refractivity contribution >= 4 is 16.7 Å². The van der Waals surface area contributed by atoms with Gasteiger partial charge in [-0.2, -0.15) is 39.5 Å². The number of fused-ring (bicyclic) bond motifs is 6. The molecule has 1 fully saturated rings. The molecule has 3 heterocycles. The summed E-state index contributed by atoms with van der Waals surface area (Å²) in [5.74, 6) is -24.6. The lowest BCUT2D eigenvalue weighted by atomic mass is 10.0. The number of aromatic hydroxyl groups is 1. The molecular weight excluding hydrogens is 525 g/mol. The summed E-state index contributed by atoms with van der Waals surface area (Å²) in [7, 11) is 0. The van der Waals surface area contributed by atoms with Gasteiger partial charge in [-0.15, -0.1) is 0 Å². The number of imidazole rings is 1. The SMILES string of the molecule is O=C(N1C[C@@H]2C[C@H]1c1c(O)n(-c3cccc4ccccc34)c(=O)n12)C(F)(F)C(F)(F)C(F)(F)C(F)(F)F. The molecule has 0 unspecified atom stereocenters. The molecule has 6 nitrogen and oxygen atoms in total. The summed E-state index contributed by atoms with van der Waals surface area (Å²) in [6.07, 6.45) is -7.39. The molecule has 198 valence electrons. The number of aromatic nitrogens is 2. The summed E-state index contributed by atoms with van der Waals surface area (Å²) in [4.78, 5) is 25.5. The fourth-order valence-corrected chi connectivity index (χ4v) is 4.98. The van der Waals surface area contributed by atoms with Crippen molar-refractivity contribution < 1.29 is 49.4 Å². The van der Waals surface area contributed by atoms with Crippen molar-refractivity contribution in [2.45, 2.75) is 42.4 Å². The number of hydrogen-bond acceptors (Lipinski definition) is 3. The molecule has 3 aromatic rings. The van der Waals surface area contributed by atoms with Crippen LogP contribution in [0.25, 0.3) is 16.5 Å². The van der Waals surface area contributed by atoms with Crippen molar-refractivity contribution in [3.63, 3.8) is 0 Å². The van der Waals surface area contributed by atoms with E-state index in [4.69, 9.17) is 0 Å². The number of benzene rings is 2. The first-order chi connectivity index (χ1) is 17.0. The highest BCUT2D eigenvalue weighted by atomic mass is 19.4. The Morgan fingerprint density at radius 2 is 1.51 bits per heavy atom. The van der Waals surface area contributed by atoms with E-state index in [0.717, 1.165) is 9.13 Å². The molecule has 2 aliphatic heterocycles. The standard InChI is InChI=1S/C22H14F9N3O3/c23-19(24,20(25,26)21(27,28)22(29,30)31)17(36)32-9-11-8-14(32)15-16(35)34(18(37)33(11)15)13-7-3-5-10-4-1-2-6-12(10)13/h1-7,11,14,35H,8-9H2/t11-,14-/m0/s1. The normalized spacial score (nSPS) is 20.1. The van der Waals surface area contributed by atoms with Gasteiger partial charge in [0.25, 0.3) is 0 Å². The van der Waals surface area contributed by atoms with Crippen molar-refractivity contribution in [2.24, 2.45) is 0 Å². The zero-order valence-corrected chi connectivity index (χ0v) is 18.1. The maximum absolute atomic E-state index is 14.3. The zero-order valence-electron chi connectivity index (χ0n) is 18.1. The molecule has 2 bridgehead atoms. The summed E-state index contributed by atoms with van der Waals surface area (Å²) < 4.78 is 122. The van der Waals surface area contributed by atoms with E-state index in [1.54, 1.807) is 36.4 Å². The van der Waals surface area contributed by atoms with E-state index >= 15 is 0 Å². The summed E-state index contributed by atoms with van der Waals surface area (Å²) in [5.41, 5.74) is -1.10. The molecule has 1 aromatic heterocycles. The number of halogens is 9. The Kier molecular flexibility index (Phi) is 5.03. The van der Waals surface area contributed by atoms with Crippen LogP contribution in [0.1, 0.15) is 24.2 Å². The lowest BCUT2D eigenvalue weighted by molar-refractivity contribution is -0.389. The minimum atomic E-state index is -7.22. The predicted molar refractivity (Wildman–Crippen MR) is 108 cm³/mol. The van der Waals surface area contributed by atoms with Crippen LogP contribution in [0.3, 0.4) is 0 Å². The Morgan fingerprint density at radius 3 is 2.16 bits per heavy atom. The van der Waals surface area contributed by atoms with Crippen LogP contribution in [0.15, 0.2) is 47.3 Å². The highest BCUT2D eigenvalue weighted by molar-refractivity contribution is 5.90. The van der Waals surface area contributed by atoms with Gasteiger partial charge in [0.05, 0.1) is 17.8 Å². The number of nitrogens with zero attached hydrogens (tertiary/aromatic N) is 3. The molecule has 0 radical (unpaired) electrons. The summed E-state index contributed by atoms with van der Waals surface area (Å²) >= 11 is 0. The smallest absolute Gasteiger partial charge is 0.460 e. The predicted octanol–water partition coefficient (Wildman–Crippen LogP) is 4.79. The monoisotopic (exact) mass is 539 g/mol. The molecule has 2 atom stereocenters. The lowest BCUT2D eigenvalue weighted by Crippen LogP contribution is -2.65. The van der Waals surface area contributed by atoms with Gasteiger partial charge in [-0.3, -0.25) is 9.36 Å². The lowest BCUT2D eigenvalue weighted by Gasteiger charge is -2.36. The Hall–Kier alpha value is -3.65. The molecule has 15 heteroatoms. The van der Waals surface area contributed by atoms with Gasteiger partial charge in [-0.1, -0.05) is 36.4 Å². The second-order valence-electron chi connectivity index (χ2n) is 8.78. The average Bonchev–Trinajstić information content (AvgIpc) is 3.48. The van der Waals surface area contributed by atoms with E-state index in [1.807, 2.05) is 0 Å². The van der Waals surface area contributed by atoms with Gasteiger partial charge < -0.3 is 10.0 Å². The fraction of sp³-hybridized carbons (Fsp3) is 0.364. The van der Waals surface area contributed by atoms with Crippen molar-refractivity contribution in [3.8, 4) is 11.6 Å². The minimum Gasteiger partial charge on any atom is -0.493 e. The van der Waals surface area contributed by atoms with Crippen LogP contribution in [0.2, 0.25) is 0 Å². The minimum absolute atomic E-state index is 0.00698. The van der Waals surface area contributed by atoms with E-state index in [0.29, 0.717) is 10.8 Å². The third-order valence-corrected chi connectivity index (χ3v) is 6.74. The second kappa shape index (κ2) is 7.44. The highest BCUT2D eigenvalue weighted by Crippen LogP contribution is 2.56. The molecule has 5 rings (SSSR count). The Labute approximate surface area is 200 Å². The molecule has 1 amide bonds. The molecule has 1 N–H and O–H groups in total. The highest BCUT2D eigenvalue weighted by Gasteiger charge is 2.84. The van der Waals surface area contributed by atoms with Crippen molar-refractivity contribution in [1.29, 1.82) is 0 Å². The number of likely N-dealkylation sites (tertiary alicyclic amines) is 1. The van der Waals surface area contributed by atoms with Gasteiger partial charge in [0.2, 0.25) is 5.88 Å². The molecule has 0 aliphatic carbocycles. The van der Waals surface area contributed by atoms with Crippen LogP contribution in [-0.2, 0) is 4.79 Å². The number of amides is 1. The van der Waals surface area contributed by atoms with E-state index in [-0.39, 0.29) is 17.0 Å². The summed E-state index contributed by atoms with van der Waals surface area (Å²) in [6, 6.07) is 8.61. The van der Waals surface area contributed by atoms with Crippen LogP contribution in [0.4, 0.5) is 39.5 Å². The van der Waals surface area contributed by atoms with E-state index < -0.39 is 65.7 Å². The third-order valence-electron chi connectivity index (χ3n) is 6.74. The maximum Gasteiger partial charge on any atom is 0.460 e. The molecule has 2 aromatic carbocycles. The zero-order chi connectivity index (χ0) is 27.3. The van der Waals surface area contributed by atoms with Crippen LogP contribution >= 0.6 is 0 Å². The number of hydrogen-bond donors (Lipinski definition) is 1. The van der Waals surface area contributed by atoms with E-state index in [1.165, 1.54) is 6.07 Å². The molecule has 37 heavy (non-hydrogen) atoms. The Morgan fingerprint density at radius 1 is 0.892 bits per heavy atom. The van der Waals surface area contributed by atoms with Crippen molar-refractivity contribution in [1.82, 2.24) is 14.0 Å². The quantitative estimate of drug-likeness (QED) is 0.485. The average molecular weight is 539 g/mol. The molecule has 1 saturated heterocycles. The van der Waals surface area contributed by atoms with Crippen LogP contribution < -0.4 is 5.69 Å². The van der Waals surface area contributed by atoms with Crippen LogP contribution in [-0.4, -0.2) is 55.5 Å². The number of alkyl halides is 9. The van der Waals surface area contributed by atoms with Gasteiger partial charge in [0, 0.05) is 11.9 Å². The molecular formula is C22H14F9N3O3. The van der Waals surface area contributed by atoms with Crippen molar-refractivity contribution in [3.05, 3.63) is 58.6 Å². The van der Waals surface area contributed by atoms with Gasteiger partial charge in [0.1, 0.15) is 5.69 Å². The van der Waals surface area contributed by atoms with Gasteiger partial charge in [-0.05, 0) is 17.9 Å². The Bertz CT molecular complexity index is 1490. The number of carbonyl (C=O) groups excluding carboxylic acids is 1. The van der Waals surface area contributed by atoms with E-state index in [9.17, 15) is 54.2 Å². The van der Waals surface area contributed by atoms with Crippen LogP contribution in [0.5, 0.6) is 5.88 Å². The molecule has 2 aliphatic rings. The number of carbonyl (C=O) groups is 1. The van der Waals surface area contributed by atoms with Gasteiger partial charge >= 0.3 is 35.5 Å². The summed E-state index contributed by atoms with van der Waals surface area (Å²) in [5, 5.41) is 12.0. The topological polar surface area (TPSA) is 67.5 Å². The van der Waals surface area contributed by atoms with Crippen LogP contribution in [0, 0.1) is 0 Å². The fourth-order valence-electron chi connectivity index (χ4n) is 4.98.